The number of hydrogen-bond acceptors (Lipinski definition) is 3. The van der Waals surface area contributed by atoms with Gasteiger partial charge in [-0.2, -0.15) is 0 Å². The summed E-state index contributed by atoms with van der Waals surface area (Å²) in [6.07, 6.45) is 8.16. The molecule has 0 aliphatic heterocycles. The van der Waals surface area contributed by atoms with Gasteiger partial charge in [-0.25, -0.2) is 9.78 Å². The van der Waals surface area contributed by atoms with Gasteiger partial charge in [-0.05, 0) is 18.6 Å². The van der Waals surface area contributed by atoms with Crippen molar-refractivity contribution in [2.75, 3.05) is 5.32 Å². The average Bonchev–Trinajstić information content (AvgIpc) is 2.29. The molecular weight excluding hydrogens is 204 g/mol. The number of aromatic carboxylic acids is 1. The number of nitrogens with one attached hydrogen (secondary N) is 1. The number of anilines is 1. The normalized spacial score (nSPS) is 11.5. The van der Waals surface area contributed by atoms with Crippen LogP contribution in [0.1, 0.15) is 30.1 Å². The lowest BCUT2D eigenvalue weighted by Crippen LogP contribution is -2.18. The molecule has 0 aromatic carbocycles. The molecule has 0 fully saturated rings. The molecule has 0 bridgehead atoms. The minimum absolute atomic E-state index is 0.126. The van der Waals surface area contributed by atoms with Gasteiger partial charge in [0.05, 0.1) is 5.56 Å². The summed E-state index contributed by atoms with van der Waals surface area (Å²) in [7, 11) is 0. The zero-order valence-corrected chi connectivity index (χ0v) is 9.10. The first-order valence-electron chi connectivity index (χ1n) is 5.06. The second-order valence-corrected chi connectivity index (χ2v) is 3.39. The van der Waals surface area contributed by atoms with Crippen molar-refractivity contribution < 1.29 is 9.90 Å². The van der Waals surface area contributed by atoms with E-state index in [2.05, 4.69) is 16.2 Å². The molecule has 0 spiro atoms. The van der Waals surface area contributed by atoms with Crippen molar-refractivity contribution in [3.8, 4) is 12.3 Å². The molecule has 4 nitrogen and oxygen atoms in total. The van der Waals surface area contributed by atoms with Crippen LogP contribution in [0, 0.1) is 12.3 Å². The zero-order chi connectivity index (χ0) is 12.0. The fourth-order valence-electron chi connectivity index (χ4n) is 1.29. The molecule has 2 N–H and O–H groups in total. The van der Waals surface area contributed by atoms with Gasteiger partial charge in [-0.15, -0.1) is 12.3 Å². The number of rotatable bonds is 5. The van der Waals surface area contributed by atoms with Gasteiger partial charge < -0.3 is 10.4 Å². The van der Waals surface area contributed by atoms with Crippen LogP contribution in [-0.4, -0.2) is 22.1 Å². The average molecular weight is 218 g/mol. The Morgan fingerprint density at radius 3 is 3.06 bits per heavy atom. The number of carboxylic acids is 1. The van der Waals surface area contributed by atoms with E-state index in [0.717, 1.165) is 6.42 Å². The Balaban J connectivity index is 2.77. The lowest BCUT2D eigenvalue weighted by atomic mass is 10.1. The fraction of sp³-hybridized carbons (Fsp3) is 0.333. The third-order valence-corrected chi connectivity index (χ3v) is 2.22. The molecule has 0 aliphatic rings. The van der Waals surface area contributed by atoms with Crippen LogP contribution in [0.4, 0.5) is 5.82 Å². The Hall–Kier alpha value is -2.02. The SMILES string of the molecule is C#CCC(CC)Nc1cc(C(=O)O)ccn1. The first-order valence-corrected chi connectivity index (χ1v) is 5.06. The molecule has 1 heterocycles. The lowest BCUT2D eigenvalue weighted by Gasteiger charge is -2.14. The van der Waals surface area contributed by atoms with Crippen LogP contribution in [0.15, 0.2) is 18.3 Å². The Bertz CT molecular complexity index is 410. The first kappa shape index (κ1) is 12.1. The van der Waals surface area contributed by atoms with Crippen LogP contribution in [0.25, 0.3) is 0 Å². The topological polar surface area (TPSA) is 62.2 Å². The number of pyridine rings is 1. The highest BCUT2D eigenvalue weighted by Gasteiger charge is 2.07. The maximum Gasteiger partial charge on any atom is 0.335 e. The Kier molecular flexibility index (Phi) is 4.34. The molecule has 1 aromatic rings. The molecule has 0 aliphatic carbocycles. The van der Waals surface area contributed by atoms with Gasteiger partial charge in [0.1, 0.15) is 5.82 Å². The molecule has 4 heteroatoms. The maximum absolute atomic E-state index is 10.7. The summed E-state index contributed by atoms with van der Waals surface area (Å²) in [6, 6.07) is 3.08. The summed E-state index contributed by atoms with van der Waals surface area (Å²) in [5.41, 5.74) is 0.216. The molecule has 1 aromatic heterocycles. The van der Waals surface area contributed by atoms with E-state index in [0.29, 0.717) is 12.2 Å². The van der Waals surface area contributed by atoms with E-state index in [1.165, 1.54) is 18.3 Å². The summed E-state index contributed by atoms with van der Waals surface area (Å²) in [6.45, 7) is 2.01. The Labute approximate surface area is 94.7 Å². The third-order valence-electron chi connectivity index (χ3n) is 2.22. The van der Waals surface area contributed by atoms with Crippen molar-refractivity contribution in [1.82, 2.24) is 4.98 Å². The van der Waals surface area contributed by atoms with Crippen LogP contribution >= 0.6 is 0 Å². The number of carbonyl (C=O) groups is 1. The molecule has 1 unspecified atom stereocenters. The van der Waals surface area contributed by atoms with Gasteiger partial charge in [-0.1, -0.05) is 6.92 Å². The van der Waals surface area contributed by atoms with E-state index >= 15 is 0 Å². The fourth-order valence-corrected chi connectivity index (χ4v) is 1.29. The quantitative estimate of drug-likeness (QED) is 0.742. The summed E-state index contributed by atoms with van der Waals surface area (Å²) in [5.74, 6) is 2.15. The van der Waals surface area contributed by atoms with Gasteiger partial charge >= 0.3 is 5.97 Å². The highest BCUT2D eigenvalue weighted by molar-refractivity contribution is 5.88. The molecule has 84 valence electrons. The number of aromatic nitrogens is 1. The monoisotopic (exact) mass is 218 g/mol. The predicted octanol–water partition coefficient (Wildman–Crippen LogP) is 1.99. The highest BCUT2D eigenvalue weighted by Crippen LogP contribution is 2.10. The smallest absolute Gasteiger partial charge is 0.335 e. The van der Waals surface area contributed by atoms with Crippen LogP contribution < -0.4 is 5.32 Å². The van der Waals surface area contributed by atoms with Crippen molar-refractivity contribution in [3.63, 3.8) is 0 Å². The van der Waals surface area contributed by atoms with Crippen LogP contribution in [-0.2, 0) is 0 Å². The molecule has 0 amide bonds. The molecule has 1 atom stereocenters. The molecular formula is C12H14N2O2. The maximum atomic E-state index is 10.7. The van der Waals surface area contributed by atoms with Crippen LogP contribution in [0.2, 0.25) is 0 Å². The van der Waals surface area contributed by atoms with Gasteiger partial charge in [0, 0.05) is 18.7 Å². The Morgan fingerprint density at radius 2 is 2.50 bits per heavy atom. The van der Waals surface area contributed by atoms with Crippen LogP contribution in [0.3, 0.4) is 0 Å². The summed E-state index contributed by atoms with van der Waals surface area (Å²) < 4.78 is 0. The third kappa shape index (κ3) is 3.28. The first-order chi connectivity index (χ1) is 7.67. The van der Waals surface area contributed by atoms with Crippen molar-refractivity contribution in [2.24, 2.45) is 0 Å². The van der Waals surface area contributed by atoms with E-state index < -0.39 is 5.97 Å². The van der Waals surface area contributed by atoms with E-state index in [9.17, 15) is 4.79 Å². The molecule has 0 saturated heterocycles. The van der Waals surface area contributed by atoms with Gasteiger partial charge in [0.25, 0.3) is 0 Å². The van der Waals surface area contributed by atoms with E-state index in [4.69, 9.17) is 11.5 Å². The van der Waals surface area contributed by atoms with E-state index in [1.807, 2.05) is 6.92 Å². The second-order valence-electron chi connectivity index (χ2n) is 3.39. The van der Waals surface area contributed by atoms with Crippen molar-refractivity contribution >= 4 is 11.8 Å². The minimum Gasteiger partial charge on any atom is -0.478 e. The van der Waals surface area contributed by atoms with Crippen LogP contribution in [0.5, 0.6) is 0 Å². The largest absolute Gasteiger partial charge is 0.478 e. The second kappa shape index (κ2) is 5.76. The van der Waals surface area contributed by atoms with E-state index in [-0.39, 0.29) is 11.6 Å². The zero-order valence-electron chi connectivity index (χ0n) is 9.10. The summed E-state index contributed by atoms with van der Waals surface area (Å²) >= 11 is 0. The molecule has 0 radical (unpaired) electrons. The van der Waals surface area contributed by atoms with Crippen molar-refractivity contribution in [1.29, 1.82) is 0 Å². The minimum atomic E-state index is -0.963. The van der Waals surface area contributed by atoms with Crippen molar-refractivity contribution in [3.05, 3.63) is 23.9 Å². The summed E-state index contributed by atoms with van der Waals surface area (Å²) in [4.78, 5) is 14.8. The van der Waals surface area contributed by atoms with Crippen molar-refractivity contribution in [2.45, 2.75) is 25.8 Å². The molecule has 1 rings (SSSR count). The molecule has 0 saturated carbocycles. The number of hydrogen-bond donors (Lipinski definition) is 2. The number of terminal acetylenes is 1. The Morgan fingerprint density at radius 1 is 1.75 bits per heavy atom. The highest BCUT2D eigenvalue weighted by atomic mass is 16.4. The predicted molar refractivity (Wildman–Crippen MR) is 62.3 cm³/mol. The standard InChI is InChI=1S/C12H14N2O2/c1-3-5-10(4-2)14-11-8-9(12(15)16)6-7-13-11/h1,6-8,10H,4-5H2,2H3,(H,13,14)(H,15,16). The lowest BCUT2D eigenvalue weighted by molar-refractivity contribution is 0.0697. The number of carboxylic acid groups (broad SMARTS) is 1. The summed E-state index contributed by atoms with van der Waals surface area (Å²) in [5, 5.41) is 11.9. The number of nitrogens with zero attached hydrogens (tertiary/aromatic N) is 1. The van der Waals surface area contributed by atoms with Gasteiger partial charge in [0.2, 0.25) is 0 Å². The van der Waals surface area contributed by atoms with E-state index in [1.54, 1.807) is 0 Å². The molecule has 16 heavy (non-hydrogen) atoms. The van der Waals surface area contributed by atoms with Gasteiger partial charge in [-0.3, -0.25) is 0 Å². The van der Waals surface area contributed by atoms with Gasteiger partial charge in [0.15, 0.2) is 0 Å².